The van der Waals surface area contributed by atoms with E-state index in [-0.39, 0.29) is 24.9 Å². The van der Waals surface area contributed by atoms with E-state index in [0.29, 0.717) is 19.3 Å². The standard InChI is InChI=1S/C50H87NO5/c1-4-7-10-13-16-19-22-23-24-25-26-28-31-34-37-40-43-50(55)56-46(41-38-35-32-29-27-20-17-14-11-8-5-2)44-49(54)51-47(45-52)48(53)42-39-36-33-30-21-18-15-12-9-6-3/h8,11,14,17,20,24-25,27,29,32,35,38,46-48,52-53H,4-7,9-10,12-13,15-16,18-19,21-23,26,28,30-31,33-34,36-37,39-45H2,1-3H3,(H,51,54)/b11-8+,17-14+,25-24+,27-20-,32-29-,38-35+. The summed E-state index contributed by atoms with van der Waals surface area (Å²) in [5.41, 5.74) is 0. The van der Waals surface area contributed by atoms with Crippen molar-refractivity contribution in [3.05, 3.63) is 72.9 Å². The van der Waals surface area contributed by atoms with Crippen LogP contribution in [0.2, 0.25) is 0 Å². The SMILES string of the molecule is CC/C=C/C=C/C=C\C=C/C=C/CC(CC(=O)NC(CO)C(O)CCCCCCCCCCCC)OC(=O)CCCCCCC/C=C/CCCCCCCCC. The fraction of sp³-hybridized carbons (Fsp3) is 0.720. The average Bonchev–Trinajstić information content (AvgIpc) is 3.19. The van der Waals surface area contributed by atoms with Gasteiger partial charge in [0.1, 0.15) is 6.10 Å². The minimum Gasteiger partial charge on any atom is -0.461 e. The normalized spacial score (nSPS) is 14.0. The molecular weight excluding hydrogens is 695 g/mol. The fourth-order valence-corrected chi connectivity index (χ4v) is 6.62. The summed E-state index contributed by atoms with van der Waals surface area (Å²) in [6, 6.07) is -0.741. The molecule has 0 aliphatic rings. The highest BCUT2D eigenvalue weighted by atomic mass is 16.5. The molecule has 0 aromatic rings. The lowest BCUT2D eigenvalue weighted by atomic mass is 10.0. The highest BCUT2D eigenvalue weighted by Crippen LogP contribution is 2.15. The first-order valence-corrected chi connectivity index (χ1v) is 23.2. The van der Waals surface area contributed by atoms with E-state index in [1.54, 1.807) is 0 Å². The number of rotatable bonds is 40. The lowest BCUT2D eigenvalue weighted by molar-refractivity contribution is -0.150. The van der Waals surface area contributed by atoms with Gasteiger partial charge < -0.3 is 20.3 Å². The van der Waals surface area contributed by atoms with E-state index < -0.39 is 18.2 Å². The second kappa shape index (κ2) is 43.4. The summed E-state index contributed by atoms with van der Waals surface area (Å²) in [5.74, 6) is -0.622. The molecule has 0 heterocycles. The van der Waals surface area contributed by atoms with Gasteiger partial charge in [0, 0.05) is 12.8 Å². The van der Waals surface area contributed by atoms with Crippen LogP contribution in [0.15, 0.2) is 72.9 Å². The summed E-state index contributed by atoms with van der Waals surface area (Å²) in [6.45, 7) is 6.26. The summed E-state index contributed by atoms with van der Waals surface area (Å²) in [6.07, 6.45) is 54.2. The number of amides is 1. The first-order chi connectivity index (χ1) is 27.5. The largest absolute Gasteiger partial charge is 0.461 e. The molecule has 0 saturated carbocycles. The molecule has 0 aliphatic heterocycles. The Morgan fingerprint density at radius 3 is 1.50 bits per heavy atom. The molecule has 0 spiro atoms. The van der Waals surface area contributed by atoms with Crippen LogP contribution in [0.1, 0.15) is 207 Å². The van der Waals surface area contributed by atoms with Crippen molar-refractivity contribution in [3.63, 3.8) is 0 Å². The lowest BCUT2D eigenvalue weighted by Gasteiger charge is -2.24. The molecule has 0 aromatic heterocycles. The molecule has 6 nitrogen and oxygen atoms in total. The van der Waals surface area contributed by atoms with E-state index >= 15 is 0 Å². The quantitative estimate of drug-likeness (QED) is 0.0249. The molecule has 0 aromatic carbocycles. The van der Waals surface area contributed by atoms with Gasteiger partial charge in [-0.3, -0.25) is 9.59 Å². The topological polar surface area (TPSA) is 95.9 Å². The van der Waals surface area contributed by atoms with Crippen molar-refractivity contribution in [2.45, 2.75) is 225 Å². The Morgan fingerprint density at radius 2 is 1.00 bits per heavy atom. The molecule has 3 atom stereocenters. The number of aliphatic hydroxyl groups excluding tert-OH is 2. The molecule has 0 saturated heterocycles. The molecule has 6 heteroatoms. The van der Waals surface area contributed by atoms with E-state index in [9.17, 15) is 19.8 Å². The van der Waals surface area contributed by atoms with Crippen molar-refractivity contribution in [1.82, 2.24) is 5.32 Å². The lowest BCUT2D eigenvalue weighted by Crippen LogP contribution is -2.46. The number of hydrogen-bond donors (Lipinski definition) is 3. The zero-order chi connectivity index (χ0) is 41.0. The molecule has 1 amide bonds. The maximum absolute atomic E-state index is 13.1. The highest BCUT2D eigenvalue weighted by molar-refractivity contribution is 5.77. The van der Waals surface area contributed by atoms with E-state index in [0.717, 1.165) is 57.8 Å². The van der Waals surface area contributed by atoms with Gasteiger partial charge in [0.25, 0.3) is 0 Å². The number of hydrogen-bond acceptors (Lipinski definition) is 5. The van der Waals surface area contributed by atoms with Crippen LogP contribution in [0.3, 0.4) is 0 Å². The Morgan fingerprint density at radius 1 is 0.554 bits per heavy atom. The van der Waals surface area contributed by atoms with Crippen molar-refractivity contribution in [2.24, 2.45) is 0 Å². The van der Waals surface area contributed by atoms with Gasteiger partial charge in [-0.1, -0.05) is 216 Å². The van der Waals surface area contributed by atoms with E-state index in [1.165, 1.54) is 103 Å². The Hall–Kier alpha value is -2.70. The maximum atomic E-state index is 13.1. The first-order valence-electron chi connectivity index (χ1n) is 23.2. The monoisotopic (exact) mass is 782 g/mol. The van der Waals surface area contributed by atoms with Crippen LogP contribution in [0.5, 0.6) is 0 Å². The molecule has 3 N–H and O–H groups in total. The van der Waals surface area contributed by atoms with Crippen molar-refractivity contribution in [3.8, 4) is 0 Å². The molecular formula is C50H87NO5. The van der Waals surface area contributed by atoms with Gasteiger partial charge >= 0.3 is 5.97 Å². The van der Waals surface area contributed by atoms with Gasteiger partial charge in [0.15, 0.2) is 0 Å². The van der Waals surface area contributed by atoms with Gasteiger partial charge in [0.05, 0.1) is 25.2 Å². The number of esters is 1. The number of carbonyl (C=O) groups is 2. The Balaban J connectivity index is 4.70. The van der Waals surface area contributed by atoms with Crippen LogP contribution in [0, 0.1) is 0 Å². The maximum Gasteiger partial charge on any atom is 0.306 e. The Kier molecular flexibility index (Phi) is 41.3. The molecule has 0 bridgehead atoms. The van der Waals surface area contributed by atoms with Crippen LogP contribution in [-0.2, 0) is 14.3 Å². The zero-order valence-corrected chi connectivity index (χ0v) is 36.5. The van der Waals surface area contributed by atoms with Crippen LogP contribution >= 0.6 is 0 Å². The summed E-state index contributed by atoms with van der Waals surface area (Å²) in [5, 5.41) is 23.5. The van der Waals surface area contributed by atoms with Crippen molar-refractivity contribution < 1.29 is 24.5 Å². The number of allylic oxidation sites excluding steroid dienone is 11. The minimum absolute atomic E-state index is 0.0241. The second-order valence-corrected chi connectivity index (χ2v) is 15.6. The number of aliphatic hydroxyl groups is 2. The molecule has 3 unspecified atom stereocenters. The van der Waals surface area contributed by atoms with Crippen molar-refractivity contribution in [2.75, 3.05) is 6.61 Å². The van der Waals surface area contributed by atoms with Gasteiger partial charge in [-0.15, -0.1) is 0 Å². The van der Waals surface area contributed by atoms with Crippen molar-refractivity contribution >= 4 is 11.9 Å². The minimum atomic E-state index is -0.819. The summed E-state index contributed by atoms with van der Waals surface area (Å²) >= 11 is 0. The summed E-state index contributed by atoms with van der Waals surface area (Å²) < 4.78 is 5.81. The van der Waals surface area contributed by atoms with Crippen LogP contribution < -0.4 is 5.32 Å². The number of ether oxygens (including phenoxy) is 1. The second-order valence-electron chi connectivity index (χ2n) is 15.6. The van der Waals surface area contributed by atoms with Gasteiger partial charge in [-0.2, -0.15) is 0 Å². The van der Waals surface area contributed by atoms with E-state index in [1.807, 2.05) is 54.7 Å². The molecule has 0 fully saturated rings. The van der Waals surface area contributed by atoms with Gasteiger partial charge in [0.2, 0.25) is 5.91 Å². The first kappa shape index (κ1) is 53.3. The summed E-state index contributed by atoms with van der Waals surface area (Å²) in [4.78, 5) is 25.9. The number of nitrogens with one attached hydrogen (secondary N) is 1. The Bertz CT molecular complexity index is 1060. The Labute approximate surface area is 345 Å². The van der Waals surface area contributed by atoms with Gasteiger partial charge in [-0.05, 0) is 44.9 Å². The van der Waals surface area contributed by atoms with E-state index in [2.05, 4.69) is 44.3 Å². The fourth-order valence-electron chi connectivity index (χ4n) is 6.62. The van der Waals surface area contributed by atoms with Crippen molar-refractivity contribution in [1.29, 1.82) is 0 Å². The summed E-state index contributed by atoms with van der Waals surface area (Å²) in [7, 11) is 0. The molecule has 56 heavy (non-hydrogen) atoms. The van der Waals surface area contributed by atoms with Gasteiger partial charge in [-0.25, -0.2) is 0 Å². The molecule has 322 valence electrons. The third-order valence-electron chi connectivity index (χ3n) is 10.1. The number of unbranched alkanes of at least 4 members (excludes halogenated alkanes) is 21. The predicted octanol–water partition coefficient (Wildman–Crippen LogP) is 13.4. The molecule has 0 radical (unpaired) electrons. The number of carbonyl (C=O) groups excluding carboxylic acids is 2. The van der Waals surface area contributed by atoms with Crippen LogP contribution in [-0.4, -0.2) is 46.9 Å². The molecule has 0 aliphatic carbocycles. The third kappa shape index (κ3) is 38.2. The third-order valence-corrected chi connectivity index (χ3v) is 10.1. The molecule has 0 rings (SSSR count). The highest BCUT2D eigenvalue weighted by Gasteiger charge is 2.23. The smallest absolute Gasteiger partial charge is 0.306 e. The van der Waals surface area contributed by atoms with Crippen LogP contribution in [0.25, 0.3) is 0 Å². The zero-order valence-electron chi connectivity index (χ0n) is 36.5. The van der Waals surface area contributed by atoms with Crippen LogP contribution in [0.4, 0.5) is 0 Å². The van der Waals surface area contributed by atoms with E-state index in [4.69, 9.17) is 4.74 Å². The predicted molar refractivity (Wildman–Crippen MR) is 241 cm³/mol. The average molecular weight is 782 g/mol.